The number of rotatable bonds is 5. The van der Waals surface area contributed by atoms with Gasteiger partial charge < -0.3 is 4.74 Å². The molecule has 0 aromatic heterocycles. The van der Waals surface area contributed by atoms with Gasteiger partial charge in [0.25, 0.3) is 0 Å². The van der Waals surface area contributed by atoms with Crippen LogP contribution >= 0.6 is 35.3 Å². The van der Waals surface area contributed by atoms with E-state index in [0.29, 0.717) is 0 Å². The highest BCUT2D eigenvalue weighted by Gasteiger charge is 2.62. The molecule has 1 nitrogen and oxygen atoms in total. The van der Waals surface area contributed by atoms with E-state index < -0.39 is 0 Å². The minimum absolute atomic E-state index is 0.0204. The Morgan fingerprint density at radius 3 is 2.07 bits per heavy atom. The van der Waals surface area contributed by atoms with Gasteiger partial charge in [-0.25, -0.2) is 0 Å². The van der Waals surface area contributed by atoms with Crippen LogP contribution in [0.25, 0.3) is 0 Å². The number of ether oxygens (including phenoxy) is 1. The van der Waals surface area contributed by atoms with E-state index in [1.54, 1.807) is 0 Å². The maximum absolute atomic E-state index is 7.16. The lowest BCUT2D eigenvalue weighted by Crippen LogP contribution is -2.43. The van der Waals surface area contributed by atoms with E-state index in [2.05, 4.69) is 115 Å². The monoisotopic (exact) mass is 450 g/mol. The summed E-state index contributed by atoms with van der Waals surface area (Å²) in [7, 11) is 0. The first kappa shape index (κ1) is 20.6. The molecule has 0 aliphatic carbocycles. The molecule has 154 valence electrons. The van der Waals surface area contributed by atoms with Crippen molar-refractivity contribution in [2.24, 2.45) is 0 Å². The Labute approximate surface area is 192 Å². The molecule has 2 aliphatic heterocycles. The predicted molar refractivity (Wildman–Crippen MR) is 133 cm³/mol. The summed E-state index contributed by atoms with van der Waals surface area (Å²) in [4.78, 5) is -0.375. The summed E-state index contributed by atoms with van der Waals surface area (Å²) in [5.41, 5.74) is 3.94. The van der Waals surface area contributed by atoms with Gasteiger partial charge in [-0.1, -0.05) is 91.0 Å². The summed E-state index contributed by atoms with van der Waals surface area (Å²) >= 11 is 6.23. The van der Waals surface area contributed by atoms with Crippen LogP contribution in [-0.4, -0.2) is 15.6 Å². The van der Waals surface area contributed by atoms with Crippen LogP contribution in [0, 0.1) is 0 Å². The van der Waals surface area contributed by atoms with E-state index in [0.717, 1.165) is 12.2 Å². The molecule has 2 saturated heterocycles. The van der Waals surface area contributed by atoms with Crippen molar-refractivity contribution in [2.75, 3.05) is 11.5 Å². The summed E-state index contributed by atoms with van der Waals surface area (Å²) in [6.45, 7) is 0. The Balaban J connectivity index is 1.58. The Hall–Kier alpha value is -1.33. The van der Waals surface area contributed by atoms with Crippen LogP contribution in [0.4, 0.5) is 0 Å². The number of hydrogen-bond acceptors (Lipinski definition) is 4. The average Bonchev–Trinajstić information content (AvgIpc) is 3.14. The van der Waals surface area contributed by atoms with Crippen molar-refractivity contribution in [2.45, 2.75) is 33.7 Å². The van der Waals surface area contributed by atoms with Crippen LogP contribution in [0.2, 0.25) is 0 Å². The molecule has 0 amide bonds. The van der Waals surface area contributed by atoms with Crippen molar-refractivity contribution < 1.29 is 4.74 Å². The Morgan fingerprint density at radius 1 is 0.800 bits per heavy atom. The molecule has 2 fully saturated rings. The van der Waals surface area contributed by atoms with Crippen molar-refractivity contribution >= 4 is 35.3 Å². The highest BCUT2D eigenvalue weighted by atomic mass is 32.2. The number of thioether (sulfide) groups is 3. The molecule has 5 rings (SSSR count). The number of benzene rings is 3. The first-order valence-electron chi connectivity index (χ1n) is 10.6. The minimum atomic E-state index is -0.375. The SMILES string of the molecule is c1ccc(CS[C@@]2(c3ccccc3)O[C@H](c3ccccc3)CC23SCCCS3)cc1. The molecular formula is C26H26OS3. The zero-order valence-electron chi connectivity index (χ0n) is 16.9. The second-order valence-electron chi connectivity index (χ2n) is 7.78. The topological polar surface area (TPSA) is 9.23 Å². The van der Waals surface area contributed by atoms with Crippen molar-refractivity contribution in [3.05, 3.63) is 108 Å². The molecule has 30 heavy (non-hydrogen) atoms. The smallest absolute Gasteiger partial charge is 0.164 e. The van der Waals surface area contributed by atoms with Crippen LogP contribution in [-0.2, 0) is 15.4 Å². The van der Waals surface area contributed by atoms with Gasteiger partial charge in [0, 0.05) is 12.2 Å². The first-order valence-corrected chi connectivity index (χ1v) is 13.5. The third-order valence-corrected chi connectivity index (χ3v) is 11.2. The van der Waals surface area contributed by atoms with Crippen LogP contribution in [0.3, 0.4) is 0 Å². The second kappa shape index (κ2) is 9.04. The molecule has 2 atom stereocenters. The predicted octanol–water partition coefficient (Wildman–Crippen LogP) is 7.50. The third-order valence-electron chi connectivity index (χ3n) is 5.83. The van der Waals surface area contributed by atoms with Gasteiger partial charge in [-0.2, -0.15) is 0 Å². The fraction of sp³-hybridized carbons (Fsp3) is 0.308. The first-order chi connectivity index (χ1) is 14.8. The maximum Gasteiger partial charge on any atom is 0.164 e. The Kier molecular flexibility index (Phi) is 6.19. The standard InChI is InChI=1S/C26H26OS3/c1-4-11-21(12-5-1)20-30-26(23-15-8-3-9-16-23)25(28-17-10-18-29-25)19-24(27-26)22-13-6-2-7-14-22/h1-9,11-16,24H,10,17-20H2/t24-,26+/m0/s1. The van der Waals surface area contributed by atoms with E-state index in [-0.39, 0.29) is 15.1 Å². The van der Waals surface area contributed by atoms with Gasteiger partial charge in [-0.05, 0) is 34.6 Å². The largest absolute Gasteiger partial charge is 0.350 e. The van der Waals surface area contributed by atoms with Crippen molar-refractivity contribution in [1.82, 2.24) is 0 Å². The van der Waals surface area contributed by atoms with Gasteiger partial charge in [0.1, 0.15) is 4.08 Å². The van der Waals surface area contributed by atoms with Gasteiger partial charge in [0.2, 0.25) is 0 Å². The van der Waals surface area contributed by atoms with Crippen LogP contribution < -0.4 is 0 Å². The molecule has 1 spiro atoms. The molecule has 4 heteroatoms. The summed E-state index contributed by atoms with van der Waals surface area (Å²) in [5, 5.41) is 0. The summed E-state index contributed by atoms with van der Waals surface area (Å²) < 4.78 is 7.18. The molecule has 3 aromatic rings. The molecule has 0 bridgehead atoms. The van der Waals surface area contributed by atoms with Crippen molar-refractivity contribution in [3.8, 4) is 0 Å². The third kappa shape index (κ3) is 3.84. The Bertz CT molecular complexity index is 942. The highest BCUT2D eigenvalue weighted by Crippen LogP contribution is 2.69. The average molecular weight is 451 g/mol. The van der Waals surface area contributed by atoms with Crippen LogP contribution in [0.15, 0.2) is 91.0 Å². The molecule has 2 aliphatic rings. The summed E-state index contributed by atoms with van der Waals surface area (Å²) in [6, 6.07) is 32.6. The fourth-order valence-corrected chi connectivity index (χ4v) is 9.94. The van der Waals surface area contributed by atoms with E-state index >= 15 is 0 Å². The molecule has 0 N–H and O–H groups in total. The maximum atomic E-state index is 7.16. The van der Waals surface area contributed by atoms with Gasteiger partial charge in [-0.15, -0.1) is 35.3 Å². The van der Waals surface area contributed by atoms with Gasteiger partial charge in [0.05, 0.1) is 6.10 Å². The van der Waals surface area contributed by atoms with Crippen LogP contribution in [0.1, 0.15) is 35.6 Å². The lowest BCUT2D eigenvalue weighted by atomic mass is 10.0. The summed E-state index contributed by atoms with van der Waals surface area (Å²) in [5.74, 6) is 3.36. The minimum Gasteiger partial charge on any atom is -0.350 e. The molecule has 2 heterocycles. The normalized spacial score (nSPS) is 25.4. The van der Waals surface area contributed by atoms with Crippen molar-refractivity contribution in [3.63, 3.8) is 0 Å². The van der Waals surface area contributed by atoms with Crippen LogP contribution in [0.5, 0.6) is 0 Å². The highest BCUT2D eigenvalue weighted by molar-refractivity contribution is 8.20. The molecule has 0 radical (unpaired) electrons. The van der Waals surface area contributed by atoms with E-state index in [4.69, 9.17) is 4.74 Å². The van der Waals surface area contributed by atoms with E-state index in [1.807, 2.05) is 11.8 Å². The Morgan fingerprint density at radius 2 is 1.40 bits per heavy atom. The lowest BCUT2D eigenvalue weighted by molar-refractivity contribution is 0.0176. The molecule has 0 unspecified atom stereocenters. The van der Waals surface area contributed by atoms with Gasteiger partial charge >= 0.3 is 0 Å². The lowest BCUT2D eigenvalue weighted by Gasteiger charge is -2.45. The van der Waals surface area contributed by atoms with Gasteiger partial charge in [-0.3, -0.25) is 0 Å². The zero-order valence-corrected chi connectivity index (χ0v) is 19.4. The molecule has 3 aromatic carbocycles. The number of hydrogen-bond donors (Lipinski definition) is 0. The molecular weight excluding hydrogens is 424 g/mol. The van der Waals surface area contributed by atoms with E-state index in [9.17, 15) is 0 Å². The summed E-state index contributed by atoms with van der Waals surface area (Å²) in [6.07, 6.45) is 2.44. The van der Waals surface area contributed by atoms with E-state index in [1.165, 1.54) is 34.6 Å². The van der Waals surface area contributed by atoms with Gasteiger partial charge in [0.15, 0.2) is 4.93 Å². The second-order valence-corrected chi connectivity index (χ2v) is 12.0. The zero-order chi connectivity index (χ0) is 20.3. The van der Waals surface area contributed by atoms with Crippen molar-refractivity contribution in [1.29, 1.82) is 0 Å². The quantitative estimate of drug-likeness (QED) is 0.398. The fourth-order valence-electron chi connectivity index (χ4n) is 4.38. The molecule has 0 saturated carbocycles.